The number of carbonyl (C=O) groups is 4. The van der Waals surface area contributed by atoms with Crippen LogP contribution in [0.1, 0.15) is 350 Å². The number of hydrogen-bond acceptors (Lipinski definition) is 15. The molecule has 0 radical (unpaired) electrons. The summed E-state index contributed by atoms with van der Waals surface area (Å²) < 4.78 is 68.2. The monoisotopic (exact) mass is 1300 g/mol. The molecule has 2 unspecified atom stereocenters. The van der Waals surface area contributed by atoms with Crippen LogP contribution in [0.3, 0.4) is 0 Å². The molecular formula is C69H134O17P2. The summed E-state index contributed by atoms with van der Waals surface area (Å²) in [6, 6.07) is 0. The van der Waals surface area contributed by atoms with Crippen LogP contribution < -0.4 is 0 Å². The van der Waals surface area contributed by atoms with Crippen LogP contribution in [0, 0.1) is 11.8 Å². The van der Waals surface area contributed by atoms with Gasteiger partial charge in [0, 0.05) is 25.7 Å². The molecule has 0 rings (SSSR count). The van der Waals surface area contributed by atoms with Gasteiger partial charge in [0.05, 0.1) is 26.4 Å². The molecule has 0 aromatic heterocycles. The van der Waals surface area contributed by atoms with E-state index in [-0.39, 0.29) is 25.7 Å². The summed E-state index contributed by atoms with van der Waals surface area (Å²) in [5.41, 5.74) is 0. The molecule has 0 heterocycles. The predicted octanol–water partition coefficient (Wildman–Crippen LogP) is 19.6. The van der Waals surface area contributed by atoms with Crippen molar-refractivity contribution in [2.45, 2.75) is 368 Å². The summed E-state index contributed by atoms with van der Waals surface area (Å²) in [7, 11) is -9.90. The van der Waals surface area contributed by atoms with E-state index in [2.05, 4.69) is 41.5 Å². The first kappa shape index (κ1) is 86.1. The smallest absolute Gasteiger partial charge is 0.462 e. The van der Waals surface area contributed by atoms with Crippen molar-refractivity contribution in [1.29, 1.82) is 0 Å². The van der Waals surface area contributed by atoms with Crippen LogP contribution in [-0.2, 0) is 65.4 Å². The fourth-order valence-electron chi connectivity index (χ4n) is 10.4. The minimum absolute atomic E-state index is 0.105. The largest absolute Gasteiger partial charge is 0.472 e. The van der Waals surface area contributed by atoms with Gasteiger partial charge in [-0.2, -0.15) is 0 Å². The number of phosphoric acid groups is 2. The second-order valence-corrected chi connectivity index (χ2v) is 28.8. The maximum Gasteiger partial charge on any atom is 0.472 e. The van der Waals surface area contributed by atoms with E-state index in [1.54, 1.807) is 0 Å². The average molecular weight is 1300 g/mol. The van der Waals surface area contributed by atoms with Crippen molar-refractivity contribution in [1.82, 2.24) is 0 Å². The second kappa shape index (κ2) is 61.3. The highest BCUT2D eigenvalue weighted by Gasteiger charge is 2.30. The summed E-state index contributed by atoms with van der Waals surface area (Å²) in [6.45, 7) is 9.50. The van der Waals surface area contributed by atoms with Gasteiger partial charge >= 0.3 is 39.5 Å². The van der Waals surface area contributed by atoms with E-state index in [0.29, 0.717) is 25.7 Å². The quantitative estimate of drug-likeness (QED) is 0.0222. The number of aliphatic hydroxyl groups excluding tert-OH is 1. The van der Waals surface area contributed by atoms with Gasteiger partial charge in [0.1, 0.15) is 19.3 Å². The van der Waals surface area contributed by atoms with Crippen molar-refractivity contribution in [2.24, 2.45) is 11.8 Å². The lowest BCUT2D eigenvalue weighted by atomic mass is 10.0. The van der Waals surface area contributed by atoms with Crippen molar-refractivity contribution in [2.75, 3.05) is 39.6 Å². The predicted molar refractivity (Wildman–Crippen MR) is 354 cm³/mol. The average Bonchev–Trinajstić information content (AvgIpc) is 3.60. The Morgan fingerprint density at radius 2 is 0.523 bits per heavy atom. The van der Waals surface area contributed by atoms with Crippen molar-refractivity contribution in [3.05, 3.63) is 0 Å². The number of carbonyl (C=O) groups excluding carboxylic acids is 4. The summed E-state index contributed by atoms with van der Waals surface area (Å²) >= 11 is 0. The molecule has 0 fully saturated rings. The summed E-state index contributed by atoms with van der Waals surface area (Å²) in [4.78, 5) is 72.5. The van der Waals surface area contributed by atoms with E-state index in [1.807, 2.05) is 0 Å². The van der Waals surface area contributed by atoms with Gasteiger partial charge < -0.3 is 33.8 Å². The summed E-state index contributed by atoms with van der Waals surface area (Å²) in [5, 5.41) is 10.6. The number of hydrogen-bond donors (Lipinski definition) is 3. The molecule has 19 heteroatoms. The molecule has 0 saturated heterocycles. The van der Waals surface area contributed by atoms with E-state index in [1.165, 1.54) is 167 Å². The van der Waals surface area contributed by atoms with Gasteiger partial charge in [-0.3, -0.25) is 37.3 Å². The first-order valence-corrected chi connectivity index (χ1v) is 39.0. The van der Waals surface area contributed by atoms with Crippen molar-refractivity contribution < 1.29 is 80.2 Å². The van der Waals surface area contributed by atoms with Crippen LogP contribution in [0.25, 0.3) is 0 Å². The number of esters is 4. The van der Waals surface area contributed by atoms with Crippen LogP contribution in [-0.4, -0.2) is 96.7 Å². The Bertz CT molecular complexity index is 1720. The van der Waals surface area contributed by atoms with Crippen molar-refractivity contribution in [3.8, 4) is 0 Å². The fourth-order valence-corrected chi connectivity index (χ4v) is 12.0. The molecule has 3 N–H and O–H groups in total. The third-order valence-electron chi connectivity index (χ3n) is 16.0. The number of aliphatic hydroxyl groups is 1. The van der Waals surface area contributed by atoms with Gasteiger partial charge in [0.15, 0.2) is 12.2 Å². The molecule has 0 aromatic rings. The number of rotatable bonds is 68. The highest BCUT2D eigenvalue weighted by Crippen LogP contribution is 2.45. The van der Waals surface area contributed by atoms with Gasteiger partial charge in [-0.05, 0) is 37.5 Å². The van der Waals surface area contributed by atoms with Crippen LogP contribution in [0.5, 0.6) is 0 Å². The van der Waals surface area contributed by atoms with Gasteiger partial charge in [0.2, 0.25) is 0 Å². The molecule has 0 aliphatic heterocycles. The lowest BCUT2D eigenvalue weighted by Gasteiger charge is -2.21. The Balaban J connectivity index is 5.26. The van der Waals surface area contributed by atoms with Gasteiger partial charge in [-0.1, -0.05) is 298 Å². The lowest BCUT2D eigenvalue weighted by Crippen LogP contribution is -2.30. The van der Waals surface area contributed by atoms with Gasteiger partial charge in [-0.25, -0.2) is 9.13 Å². The first-order chi connectivity index (χ1) is 42.4. The molecule has 5 atom stereocenters. The lowest BCUT2D eigenvalue weighted by molar-refractivity contribution is -0.161. The molecular weight excluding hydrogens is 1160 g/mol. The molecule has 0 spiro atoms. The topological polar surface area (TPSA) is 237 Å². The zero-order valence-corrected chi connectivity index (χ0v) is 58.8. The Kier molecular flexibility index (Phi) is 59.9. The normalized spacial score (nSPS) is 14.2. The molecule has 17 nitrogen and oxygen atoms in total. The number of phosphoric ester groups is 2. The fraction of sp³-hybridized carbons (Fsp3) is 0.942. The van der Waals surface area contributed by atoms with Crippen molar-refractivity contribution >= 4 is 39.5 Å². The second-order valence-electron chi connectivity index (χ2n) is 25.9. The van der Waals surface area contributed by atoms with E-state index < -0.39 is 97.5 Å². The van der Waals surface area contributed by atoms with Gasteiger partial charge in [-0.15, -0.1) is 0 Å². The summed E-state index contributed by atoms with van der Waals surface area (Å²) in [6.07, 6.45) is 45.7. The molecule has 0 aromatic carbocycles. The maximum atomic E-state index is 13.0. The van der Waals surface area contributed by atoms with Crippen LogP contribution in [0.2, 0.25) is 0 Å². The number of ether oxygens (including phenoxy) is 4. The van der Waals surface area contributed by atoms with E-state index in [4.69, 9.17) is 37.0 Å². The zero-order valence-electron chi connectivity index (χ0n) is 57.0. The minimum atomic E-state index is -4.95. The van der Waals surface area contributed by atoms with E-state index in [9.17, 15) is 43.2 Å². The molecule has 0 amide bonds. The minimum Gasteiger partial charge on any atom is -0.462 e. The highest BCUT2D eigenvalue weighted by molar-refractivity contribution is 7.47. The maximum absolute atomic E-state index is 13.0. The molecule has 0 aliphatic rings. The van der Waals surface area contributed by atoms with Crippen LogP contribution >= 0.6 is 15.6 Å². The van der Waals surface area contributed by atoms with Gasteiger partial charge in [0.25, 0.3) is 0 Å². The Labute approximate surface area is 537 Å². The van der Waals surface area contributed by atoms with E-state index >= 15 is 0 Å². The molecule has 0 bridgehead atoms. The van der Waals surface area contributed by atoms with Crippen LogP contribution in [0.15, 0.2) is 0 Å². The number of unbranched alkanes of at least 4 members (excludes halogenated alkanes) is 38. The van der Waals surface area contributed by atoms with Crippen LogP contribution in [0.4, 0.5) is 0 Å². The third-order valence-corrected chi connectivity index (χ3v) is 17.9. The Morgan fingerprint density at radius 1 is 0.307 bits per heavy atom. The molecule has 88 heavy (non-hydrogen) atoms. The zero-order chi connectivity index (χ0) is 65.0. The Morgan fingerprint density at radius 3 is 0.773 bits per heavy atom. The Hall–Kier alpha value is -1.94. The van der Waals surface area contributed by atoms with E-state index in [0.717, 1.165) is 102 Å². The van der Waals surface area contributed by atoms with Crippen molar-refractivity contribution in [3.63, 3.8) is 0 Å². The summed E-state index contributed by atoms with van der Waals surface area (Å²) in [5.74, 6) is -0.644. The first-order valence-electron chi connectivity index (χ1n) is 36.0. The molecule has 0 aliphatic carbocycles. The SMILES string of the molecule is CCCCCCCCCCCCCCCC(=O)O[C@H](COC(=O)CCCCCCCCCCCC(C)C)COP(=O)(O)OC[C@@H](O)COP(=O)(O)OC[C@@H](COC(=O)CCCCCCCCCCCCC)OC(=O)CCCCCCCCCCCC(C)C. The highest BCUT2D eigenvalue weighted by atomic mass is 31.2. The standard InChI is InChI=1S/C69H134O17P2/c1-7-9-11-13-15-17-19-20-22-28-35-41-47-53-68(73)85-64(58-80-67(72)52-46-40-34-29-23-25-31-37-43-49-61(3)4)59-83-87(75,76)81-55-63(70)56-82-88(77,78)84-60-65(57-79-66(71)51-45-39-33-27-21-18-16-14-12-10-8-2)86-69(74)54-48-42-36-30-24-26-32-38-44-50-62(5)6/h61-65,70H,7-60H2,1-6H3,(H,75,76)(H,77,78)/t63-,64-,65-/m1/s1. The third kappa shape index (κ3) is 62.8. The molecule has 522 valence electrons. The molecule has 0 saturated carbocycles.